The van der Waals surface area contributed by atoms with Crippen LogP contribution >= 0.6 is 0 Å². The quantitative estimate of drug-likeness (QED) is 0.590. The lowest BCUT2D eigenvalue weighted by Gasteiger charge is -2.28. The Balaban J connectivity index is 1.97. The molecule has 3 rings (SSSR count). The van der Waals surface area contributed by atoms with Gasteiger partial charge in [-0.2, -0.15) is 9.41 Å². The fourth-order valence-electron chi connectivity index (χ4n) is 3.71. The molecule has 9 nitrogen and oxygen atoms in total. The third-order valence-corrected chi connectivity index (χ3v) is 7.29. The summed E-state index contributed by atoms with van der Waals surface area (Å²) in [5, 5.41) is 15.7. The number of hydrogen-bond donors (Lipinski definition) is 1. The van der Waals surface area contributed by atoms with Crippen LogP contribution in [0.4, 0.5) is 11.4 Å². The van der Waals surface area contributed by atoms with Gasteiger partial charge in [-0.25, -0.2) is 8.42 Å². The Labute approximate surface area is 165 Å². The van der Waals surface area contributed by atoms with Crippen molar-refractivity contribution in [1.29, 1.82) is 0 Å². The summed E-state index contributed by atoms with van der Waals surface area (Å²) in [6.45, 7) is 5.25. The third-order valence-electron chi connectivity index (χ3n) is 5.35. The van der Waals surface area contributed by atoms with Crippen molar-refractivity contribution in [3.05, 3.63) is 28.3 Å². The number of morpholine rings is 1. The average molecular weight is 410 g/mol. The van der Waals surface area contributed by atoms with Crippen LogP contribution in [0.5, 0.6) is 0 Å². The van der Waals surface area contributed by atoms with Crippen molar-refractivity contribution >= 4 is 27.1 Å². The number of rotatable bonds is 5. The van der Waals surface area contributed by atoms with Crippen molar-refractivity contribution < 1.29 is 18.1 Å². The molecule has 1 aromatic carbocycles. The summed E-state index contributed by atoms with van der Waals surface area (Å²) in [6, 6.07) is 3.79. The molecule has 0 unspecified atom stereocenters. The van der Waals surface area contributed by atoms with Crippen LogP contribution in [0.15, 0.2) is 28.2 Å². The standard InChI is InChI=1S/C18H26N4O5S/c1-13-4-3-5-14(2)18(13)20-19-16-7-6-15(22(23)24)12-17(16)28(25,26)21-8-10-27-11-9-21/h6-7,12-14,19H,3-5,8-11H2,1-2H3/t13-,14+. The maximum Gasteiger partial charge on any atom is 0.270 e. The molecule has 0 spiro atoms. The molecule has 2 aliphatic rings. The predicted octanol–water partition coefficient (Wildman–Crippen LogP) is 2.84. The van der Waals surface area contributed by atoms with E-state index < -0.39 is 14.9 Å². The van der Waals surface area contributed by atoms with Crippen LogP contribution < -0.4 is 5.43 Å². The van der Waals surface area contributed by atoms with Gasteiger partial charge in [0.1, 0.15) is 4.90 Å². The monoisotopic (exact) mass is 410 g/mol. The first kappa shape index (κ1) is 20.7. The van der Waals surface area contributed by atoms with Crippen LogP contribution in [0.2, 0.25) is 0 Å². The van der Waals surface area contributed by atoms with Gasteiger partial charge in [-0.05, 0) is 30.7 Å². The highest BCUT2D eigenvalue weighted by Crippen LogP contribution is 2.31. The number of ether oxygens (including phenoxy) is 1. The van der Waals surface area contributed by atoms with Gasteiger partial charge < -0.3 is 4.74 Å². The second-order valence-electron chi connectivity index (χ2n) is 7.34. The summed E-state index contributed by atoms with van der Waals surface area (Å²) in [4.78, 5) is 10.5. The summed E-state index contributed by atoms with van der Waals surface area (Å²) in [6.07, 6.45) is 3.24. The Morgan fingerprint density at radius 3 is 2.46 bits per heavy atom. The van der Waals surface area contributed by atoms with Crippen molar-refractivity contribution in [3.63, 3.8) is 0 Å². The molecule has 1 saturated heterocycles. The predicted molar refractivity (Wildman–Crippen MR) is 106 cm³/mol. The van der Waals surface area contributed by atoms with Crippen molar-refractivity contribution in [2.75, 3.05) is 31.7 Å². The zero-order valence-corrected chi connectivity index (χ0v) is 16.9. The maximum atomic E-state index is 13.1. The van der Waals surface area contributed by atoms with Gasteiger partial charge >= 0.3 is 0 Å². The number of anilines is 1. The average Bonchev–Trinajstić information content (AvgIpc) is 2.68. The van der Waals surface area contributed by atoms with Crippen molar-refractivity contribution in [2.45, 2.75) is 38.0 Å². The summed E-state index contributed by atoms with van der Waals surface area (Å²) in [7, 11) is -3.91. The first-order valence-corrected chi connectivity index (χ1v) is 10.9. The van der Waals surface area contributed by atoms with Gasteiger partial charge in [0.2, 0.25) is 10.0 Å². The molecule has 154 valence electrons. The highest BCUT2D eigenvalue weighted by molar-refractivity contribution is 7.89. The van der Waals surface area contributed by atoms with Crippen LogP contribution in [0.1, 0.15) is 33.1 Å². The van der Waals surface area contributed by atoms with E-state index in [0.29, 0.717) is 25.0 Å². The van der Waals surface area contributed by atoms with Gasteiger partial charge in [0.25, 0.3) is 5.69 Å². The minimum Gasteiger partial charge on any atom is -0.379 e. The van der Waals surface area contributed by atoms with E-state index in [4.69, 9.17) is 4.74 Å². The minimum atomic E-state index is -3.91. The second kappa shape index (κ2) is 8.54. The van der Waals surface area contributed by atoms with E-state index >= 15 is 0 Å². The molecule has 1 heterocycles. The van der Waals surface area contributed by atoms with E-state index in [1.165, 1.54) is 16.4 Å². The maximum absolute atomic E-state index is 13.1. The van der Waals surface area contributed by atoms with E-state index in [1.54, 1.807) is 0 Å². The zero-order chi connectivity index (χ0) is 20.3. The molecule has 1 saturated carbocycles. The highest BCUT2D eigenvalue weighted by atomic mass is 32.2. The molecule has 1 aliphatic carbocycles. The van der Waals surface area contributed by atoms with Gasteiger partial charge in [-0.3, -0.25) is 15.5 Å². The Morgan fingerprint density at radius 2 is 1.86 bits per heavy atom. The van der Waals surface area contributed by atoms with Crippen LogP contribution in [0.3, 0.4) is 0 Å². The van der Waals surface area contributed by atoms with Crippen LogP contribution in [-0.2, 0) is 14.8 Å². The fraction of sp³-hybridized carbons (Fsp3) is 0.611. The van der Waals surface area contributed by atoms with Crippen LogP contribution in [0.25, 0.3) is 0 Å². The van der Waals surface area contributed by atoms with E-state index in [9.17, 15) is 18.5 Å². The van der Waals surface area contributed by atoms with Crippen LogP contribution in [-0.4, -0.2) is 49.7 Å². The summed E-state index contributed by atoms with van der Waals surface area (Å²) < 4.78 is 32.8. The molecule has 0 amide bonds. The lowest BCUT2D eigenvalue weighted by molar-refractivity contribution is -0.385. The number of nitro benzene ring substituents is 1. The molecule has 0 radical (unpaired) electrons. The van der Waals surface area contributed by atoms with Gasteiger partial charge in [0, 0.05) is 30.9 Å². The Kier molecular flexibility index (Phi) is 6.31. The number of benzene rings is 1. The number of sulfonamides is 1. The molecule has 2 fully saturated rings. The smallest absolute Gasteiger partial charge is 0.270 e. The molecule has 0 bridgehead atoms. The number of nitrogens with one attached hydrogen (secondary N) is 1. The molecule has 10 heteroatoms. The SMILES string of the molecule is C[C@@H]1CCC[C@H](C)C1=NNc1ccc([N+](=O)[O-])cc1S(=O)(=O)N1CCOCC1. The second-order valence-corrected chi connectivity index (χ2v) is 9.24. The summed E-state index contributed by atoms with van der Waals surface area (Å²) >= 11 is 0. The fourth-order valence-corrected chi connectivity index (χ4v) is 5.28. The van der Waals surface area contributed by atoms with Gasteiger partial charge in [0.15, 0.2) is 0 Å². The van der Waals surface area contributed by atoms with E-state index in [2.05, 4.69) is 24.4 Å². The van der Waals surface area contributed by atoms with Crippen LogP contribution in [0, 0.1) is 22.0 Å². The molecule has 1 aromatic rings. The largest absolute Gasteiger partial charge is 0.379 e. The lowest BCUT2D eigenvalue weighted by Crippen LogP contribution is -2.40. The zero-order valence-electron chi connectivity index (χ0n) is 16.1. The Morgan fingerprint density at radius 1 is 1.21 bits per heavy atom. The molecular formula is C18H26N4O5S. The summed E-state index contributed by atoms with van der Waals surface area (Å²) in [5.41, 5.74) is 3.85. The topological polar surface area (TPSA) is 114 Å². The number of non-ortho nitro benzene ring substituents is 1. The number of nitrogens with zero attached hydrogens (tertiary/aromatic N) is 3. The molecule has 1 aliphatic heterocycles. The van der Waals surface area contributed by atoms with Crippen molar-refractivity contribution in [2.24, 2.45) is 16.9 Å². The highest BCUT2D eigenvalue weighted by Gasteiger charge is 2.31. The van der Waals surface area contributed by atoms with Gasteiger partial charge in [-0.1, -0.05) is 20.3 Å². The Hall–Kier alpha value is -2.04. The number of hydrogen-bond acceptors (Lipinski definition) is 7. The minimum absolute atomic E-state index is 0.135. The van der Waals surface area contributed by atoms with E-state index in [-0.39, 0.29) is 29.4 Å². The molecule has 0 aromatic heterocycles. The molecule has 2 atom stereocenters. The van der Waals surface area contributed by atoms with Crippen molar-refractivity contribution in [1.82, 2.24) is 4.31 Å². The van der Waals surface area contributed by atoms with E-state index in [0.717, 1.165) is 31.0 Å². The number of hydrazone groups is 1. The molecule has 1 N–H and O–H groups in total. The van der Waals surface area contributed by atoms with Gasteiger partial charge in [-0.15, -0.1) is 0 Å². The van der Waals surface area contributed by atoms with Gasteiger partial charge in [0.05, 0.1) is 23.8 Å². The normalized spacial score (nSPS) is 25.6. The summed E-state index contributed by atoms with van der Waals surface area (Å²) in [5.74, 6) is 0.627. The first-order chi connectivity index (χ1) is 13.3. The molecular weight excluding hydrogens is 384 g/mol. The first-order valence-electron chi connectivity index (χ1n) is 9.50. The third kappa shape index (κ3) is 4.34. The lowest BCUT2D eigenvalue weighted by atomic mass is 9.81. The Bertz CT molecular complexity index is 853. The number of nitro groups is 1. The molecule has 28 heavy (non-hydrogen) atoms. The van der Waals surface area contributed by atoms with Crippen molar-refractivity contribution in [3.8, 4) is 0 Å². The van der Waals surface area contributed by atoms with E-state index in [1.807, 2.05) is 0 Å².